The molecule has 0 aliphatic heterocycles. The molecule has 3 rings (SSSR count). The van der Waals surface area contributed by atoms with Crippen molar-refractivity contribution in [2.24, 2.45) is 5.73 Å². The van der Waals surface area contributed by atoms with Crippen LogP contribution in [0, 0.1) is 0 Å². The third kappa shape index (κ3) is 1.68. The van der Waals surface area contributed by atoms with Crippen LogP contribution < -0.4 is 5.73 Å². The third-order valence-electron chi connectivity index (χ3n) is 3.08. The van der Waals surface area contributed by atoms with Crippen molar-refractivity contribution in [2.45, 2.75) is 24.6 Å². The number of hydrogen-bond acceptors (Lipinski definition) is 2. The molecule has 1 aliphatic carbocycles. The Morgan fingerprint density at radius 1 is 1.24 bits per heavy atom. The second-order valence-corrected chi connectivity index (χ2v) is 4.46. The molecular weight excluding hydrogens is 231 g/mol. The maximum atomic E-state index is 12.5. The van der Waals surface area contributed by atoms with Crippen LogP contribution in [0.15, 0.2) is 24.5 Å². The SMILES string of the molecule is NC1(c2cn3cc(C(F)(F)F)ccc3n2)CC1. The van der Waals surface area contributed by atoms with E-state index in [1.54, 1.807) is 6.20 Å². The van der Waals surface area contributed by atoms with E-state index in [0.29, 0.717) is 11.3 Å². The molecule has 0 atom stereocenters. The molecule has 0 aromatic carbocycles. The third-order valence-corrected chi connectivity index (χ3v) is 3.08. The highest BCUT2D eigenvalue weighted by Gasteiger charge is 2.42. The minimum atomic E-state index is -4.33. The Morgan fingerprint density at radius 3 is 2.53 bits per heavy atom. The molecule has 2 N–H and O–H groups in total. The van der Waals surface area contributed by atoms with Gasteiger partial charge in [0.1, 0.15) is 5.65 Å². The van der Waals surface area contributed by atoms with Crippen molar-refractivity contribution >= 4 is 5.65 Å². The van der Waals surface area contributed by atoms with Gasteiger partial charge in [0, 0.05) is 12.4 Å². The van der Waals surface area contributed by atoms with E-state index in [1.807, 2.05) is 0 Å². The monoisotopic (exact) mass is 241 g/mol. The van der Waals surface area contributed by atoms with E-state index in [1.165, 1.54) is 10.5 Å². The van der Waals surface area contributed by atoms with E-state index in [0.717, 1.165) is 25.1 Å². The Balaban J connectivity index is 2.11. The predicted octanol–water partition coefficient (Wildman–Crippen LogP) is 2.30. The van der Waals surface area contributed by atoms with Crippen LogP contribution in [0.3, 0.4) is 0 Å². The van der Waals surface area contributed by atoms with Gasteiger partial charge in [0.05, 0.1) is 16.8 Å². The first-order valence-corrected chi connectivity index (χ1v) is 5.24. The van der Waals surface area contributed by atoms with Gasteiger partial charge in [0.25, 0.3) is 0 Å². The summed E-state index contributed by atoms with van der Waals surface area (Å²) in [4.78, 5) is 4.24. The number of fused-ring (bicyclic) bond motifs is 1. The van der Waals surface area contributed by atoms with Gasteiger partial charge in [-0.1, -0.05) is 0 Å². The number of halogens is 3. The summed E-state index contributed by atoms with van der Waals surface area (Å²) in [7, 11) is 0. The van der Waals surface area contributed by atoms with E-state index in [-0.39, 0.29) is 0 Å². The Bertz CT molecular complexity index is 578. The Hall–Kier alpha value is -1.56. The average molecular weight is 241 g/mol. The first kappa shape index (κ1) is 10.6. The largest absolute Gasteiger partial charge is 0.417 e. The summed E-state index contributed by atoms with van der Waals surface area (Å²) in [5, 5.41) is 0. The van der Waals surface area contributed by atoms with Crippen LogP contribution in [0.4, 0.5) is 13.2 Å². The zero-order valence-corrected chi connectivity index (χ0v) is 8.83. The number of nitrogens with zero attached hydrogens (tertiary/aromatic N) is 2. The molecule has 0 bridgehead atoms. The topological polar surface area (TPSA) is 43.3 Å². The molecule has 3 nitrogen and oxygen atoms in total. The van der Waals surface area contributed by atoms with Crippen LogP contribution in [0.2, 0.25) is 0 Å². The van der Waals surface area contributed by atoms with Gasteiger partial charge in [0.15, 0.2) is 0 Å². The van der Waals surface area contributed by atoms with Crippen molar-refractivity contribution < 1.29 is 13.2 Å². The molecule has 0 spiro atoms. The molecule has 90 valence electrons. The van der Waals surface area contributed by atoms with Gasteiger partial charge in [-0.25, -0.2) is 4.98 Å². The van der Waals surface area contributed by atoms with Crippen molar-refractivity contribution in [3.63, 3.8) is 0 Å². The minimum Gasteiger partial charge on any atom is -0.320 e. The van der Waals surface area contributed by atoms with Crippen LogP contribution in [0.5, 0.6) is 0 Å². The highest BCUT2D eigenvalue weighted by atomic mass is 19.4. The fraction of sp³-hybridized carbons (Fsp3) is 0.364. The molecule has 17 heavy (non-hydrogen) atoms. The molecule has 1 fully saturated rings. The molecule has 0 unspecified atom stereocenters. The average Bonchev–Trinajstić information content (AvgIpc) is 2.85. The zero-order valence-electron chi connectivity index (χ0n) is 8.83. The zero-order chi connectivity index (χ0) is 12.3. The summed E-state index contributed by atoms with van der Waals surface area (Å²) in [6.45, 7) is 0. The molecule has 6 heteroatoms. The standard InChI is InChI=1S/C11H10F3N3/c12-11(13,14)7-1-2-9-16-8(6-17(9)5-7)10(15)3-4-10/h1-2,5-6H,3-4,15H2. The molecule has 1 saturated carbocycles. The Morgan fingerprint density at radius 2 is 1.94 bits per heavy atom. The number of rotatable bonds is 1. The van der Waals surface area contributed by atoms with Crippen molar-refractivity contribution in [3.8, 4) is 0 Å². The number of hydrogen-bond donors (Lipinski definition) is 1. The fourth-order valence-electron chi connectivity index (χ4n) is 1.79. The van der Waals surface area contributed by atoms with Crippen molar-refractivity contribution in [1.29, 1.82) is 0 Å². The lowest BCUT2D eigenvalue weighted by molar-refractivity contribution is -0.137. The first-order valence-electron chi connectivity index (χ1n) is 5.24. The fourth-order valence-corrected chi connectivity index (χ4v) is 1.79. The van der Waals surface area contributed by atoms with Gasteiger partial charge in [-0.2, -0.15) is 13.2 Å². The lowest BCUT2D eigenvalue weighted by Gasteiger charge is -2.05. The lowest BCUT2D eigenvalue weighted by atomic mass is 10.2. The van der Waals surface area contributed by atoms with Gasteiger partial charge in [0.2, 0.25) is 0 Å². The number of nitrogens with two attached hydrogens (primary N) is 1. The first-order chi connectivity index (χ1) is 7.88. The van der Waals surface area contributed by atoms with E-state index in [2.05, 4.69) is 4.98 Å². The predicted molar refractivity (Wildman–Crippen MR) is 55.3 cm³/mol. The molecule has 0 radical (unpaired) electrons. The molecule has 0 saturated heterocycles. The minimum absolute atomic E-state index is 0.426. The van der Waals surface area contributed by atoms with E-state index in [9.17, 15) is 13.2 Å². The molecule has 2 aromatic heterocycles. The summed E-state index contributed by atoms with van der Waals surface area (Å²) < 4.78 is 38.9. The Labute approximate surface area is 95.1 Å². The normalized spacial score (nSPS) is 18.6. The van der Waals surface area contributed by atoms with Crippen LogP contribution in [0.1, 0.15) is 24.1 Å². The van der Waals surface area contributed by atoms with Gasteiger partial charge in [-0.15, -0.1) is 0 Å². The van der Waals surface area contributed by atoms with Crippen molar-refractivity contribution in [1.82, 2.24) is 9.38 Å². The Kier molecular flexibility index (Phi) is 1.87. The second-order valence-electron chi connectivity index (χ2n) is 4.46. The van der Waals surface area contributed by atoms with Gasteiger partial charge in [-0.3, -0.25) is 0 Å². The maximum Gasteiger partial charge on any atom is 0.417 e. The van der Waals surface area contributed by atoms with Gasteiger partial charge < -0.3 is 10.1 Å². The number of alkyl halides is 3. The second kappa shape index (κ2) is 3.01. The quantitative estimate of drug-likeness (QED) is 0.832. The van der Waals surface area contributed by atoms with Crippen molar-refractivity contribution in [3.05, 3.63) is 35.8 Å². The number of aromatic nitrogens is 2. The van der Waals surface area contributed by atoms with E-state index < -0.39 is 17.3 Å². The summed E-state index contributed by atoms with van der Waals surface area (Å²) in [5.74, 6) is 0. The van der Waals surface area contributed by atoms with E-state index in [4.69, 9.17) is 5.73 Å². The van der Waals surface area contributed by atoms with Gasteiger partial charge >= 0.3 is 6.18 Å². The molecular formula is C11H10F3N3. The smallest absolute Gasteiger partial charge is 0.320 e. The van der Waals surface area contributed by atoms with Crippen LogP contribution in [0.25, 0.3) is 5.65 Å². The van der Waals surface area contributed by atoms with Crippen LogP contribution in [-0.2, 0) is 11.7 Å². The summed E-state index contributed by atoms with van der Waals surface area (Å²) in [6, 6.07) is 2.39. The number of pyridine rings is 1. The summed E-state index contributed by atoms with van der Waals surface area (Å²) in [6.07, 6.45) is -0.0419. The lowest BCUT2D eigenvalue weighted by Crippen LogP contribution is -2.18. The highest BCUT2D eigenvalue weighted by Crippen LogP contribution is 2.42. The number of imidazole rings is 1. The van der Waals surface area contributed by atoms with Gasteiger partial charge in [-0.05, 0) is 25.0 Å². The van der Waals surface area contributed by atoms with Crippen LogP contribution >= 0.6 is 0 Å². The summed E-state index contributed by atoms with van der Waals surface area (Å²) in [5.41, 5.74) is 6.00. The molecule has 0 amide bonds. The molecule has 1 aliphatic rings. The maximum absolute atomic E-state index is 12.5. The molecule has 2 heterocycles. The summed E-state index contributed by atoms with van der Waals surface area (Å²) >= 11 is 0. The molecule has 2 aromatic rings. The van der Waals surface area contributed by atoms with E-state index >= 15 is 0 Å². The highest BCUT2D eigenvalue weighted by molar-refractivity contribution is 5.44. The van der Waals surface area contributed by atoms with Crippen LogP contribution in [-0.4, -0.2) is 9.38 Å². The van der Waals surface area contributed by atoms with Crippen molar-refractivity contribution in [2.75, 3.05) is 0 Å².